The third-order valence-corrected chi connectivity index (χ3v) is 5.41. The van der Waals surface area contributed by atoms with Crippen LogP contribution in [0.25, 0.3) is 33.7 Å². The summed E-state index contributed by atoms with van der Waals surface area (Å²) < 4.78 is 11.2. The molecule has 8 heteroatoms. The van der Waals surface area contributed by atoms with E-state index in [2.05, 4.69) is 20.5 Å². The van der Waals surface area contributed by atoms with Gasteiger partial charge in [-0.3, -0.25) is 4.79 Å². The molecule has 0 radical (unpaired) electrons. The van der Waals surface area contributed by atoms with Crippen LogP contribution in [0, 0.1) is 0 Å². The second-order valence-electron chi connectivity index (χ2n) is 6.66. The molecule has 0 spiro atoms. The van der Waals surface area contributed by atoms with E-state index in [9.17, 15) is 4.79 Å². The fourth-order valence-electron chi connectivity index (χ4n) is 2.98. The fraction of sp³-hybridized carbons (Fsp3) is 0.0435. The minimum atomic E-state index is -0.206. The average Bonchev–Trinajstić information content (AvgIpc) is 3.59. The predicted molar refractivity (Wildman–Crippen MR) is 116 cm³/mol. The van der Waals surface area contributed by atoms with Crippen molar-refractivity contribution in [2.45, 2.75) is 6.54 Å². The Morgan fingerprint density at radius 3 is 2.32 bits per heavy atom. The molecule has 1 amide bonds. The Hall–Kier alpha value is -4.04. The molecule has 0 aliphatic rings. The Morgan fingerprint density at radius 1 is 0.871 bits per heavy atom. The Labute approximate surface area is 181 Å². The second-order valence-corrected chi connectivity index (χ2v) is 7.61. The number of benzene rings is 2. The lowest BCUT2D eigenvalue weighted by Crippen LogP contribution is -2.22. The lowest BCUT2D eigenvalue weighted by atomic mass is 10.1. The molecule has 7 nitrogen and oxygen atoms in total. The van der Waals surface area contributed by atoms with Crippen molar-refractivity contribution in [1.82, 2.24) is 20.5 Å². The minimum absolute atomic E-state index is 0.206. The van der Waals surface area contributed by atoms with Crippen LogP contribution in [0.5, 0.6) is 0 Å². The van der Waals surface area contributed by atoms with Gasteiger partial charge in [-0.2, -0.15) is 0 Å². The highest BCUT2D eigenvalue weighted by Crippen LogP contribution is 2.25. The van der Waals surface area contributed by atoms with Crippen LogP contribution in [0.1, 0.15) is 16.1 Å². The first-order chi connectivity index (χ1) is 15.3. The quantitative estimate of drug-likeness (QED) is 0.407. The van der Waals surface area contributed by atoms with Gasteiger partial charge in [-0.1, -0.05) is 24.3 Å². The standard InChI is InChI=1S/C23H16N4O3S/c28-20(24-13-18-14-29-23(25-18)19-7-4-12-31-19)15-8-10-17(11-9-15)22-27-26-21(30-22)16-5-2-1-3-6-16/h1-12,14H,13H2,(H,24,28). The number of rotatable bonds is 6. The number of hydrogen-bond acceptors (Lipinski definition) is 7. The van der Waals surface area contributed by atoms with E-state index in [-0.39, 0.29) is 12.5 Å². The molecule has 0 aliphatic carbocycles. The van der Waals surface area contributed by atoms with Gasteiger partial charge in [0, 0.05) is 16.7 Å². The Kier molecular flexibility index (Phi) is 5.12. The maximum absolute atomic E-state index is 12.5. The molecule has 0 atom stereocenters. The van der Waals surface area contributed by atoms with Gasteiger partial charge in [0.1, 0.15) is 6.26 Å². The highest BCUT2D eigenvalue weighted by molar-refractivity contribution is 7.13. The SMILES string of the molecule is O=C(NCc1coc(-c2cccs2)n1)c1ccc(-c2nnc(-c3ccccc3)o2)cc1. The van der Waals surface area contributed by atoms with Crippen LogP contribution in [-0.4, -0.2) is 21.1 Å². The highest BCUT2D eigenvalue weighted by Gasteiger charge is 2.13. The lowest BCUT2D eigenvalue weighted by Gasteiger charge is -2.03. The van der Waals surface area contributed by atoms with Gasteiger partial charge in [0.2, 0.25) is 17.7 Å². The largest absolute Gasteiger partial charge is 0.443 e. The number of aromatic nitrogens is 3. The molecular formula is C23H16N4O3S. The molecular weight excluding hydrogens is 412 g/mol. The summed E-state index contributed by atoms with van der Waals surface area (Å²) in [4.78, 5) is 17.8. The van der Waals surface area contributed by atoms with Crippen molar-refractivity contribution >= 4 is 17.2 Å². The van der Waals surface area contributed by atoms with Crippen LogP contribution in [0.15, 0.2) is 87.2 Å². The summed E-state index contributed by atoms with van der Waals surface area (Å²) in [6.07, 6.45) is 1.55. The van der Waals surface area contributed by atoms with Gasteiger partial charge in [0.05, 0.1) is 17.1 Å². The topological polar surface area (TPSA) is 94.1 Å². The van der Waals surface area contributed by atoms with Crippen molar-refractivity contribution in [3.05, 3.63) is 89.6 Å². The van der Waals surface area contributed by atoms with Gasteiger partial charge in [0.25, 0.3) is 5.91 Å². The molecule has 0 fully saturated rings. The molecule has 0 unspecified atom stereocenters. The summed E-state index contributed by atoms with van der Waals surface area (Å²) >= 11 is 1.55. The number of hydrogen-bond donors (Lipinski definition) is 1. The molecule has 3 aromatic heterocycles. The van der Waals surface area contributed by atoms with Crippen molar-refractivity contribution in [2.24, 2.45) is 0 Å². The molecule has 0 aliphatic heterocycles. The first-order valence-electron chi connectivity index (χ1n) is 9.52. The van der Waals surface area contributed by atoms with Crippen molar-refractivity contribution in [3.8, 4) is 33.7 Å². The summed E-state index contributed by atoms with van der Waals surface area (Å²) in [5.74, 6) is 1.20. The maximum Gasteiger partial charge on any atom is 0.251 e. The van der Waals surface area contributed by atoms with E-state index in [0.29, 0.717) is 28.9 Å². The first kappa shape index (κ1) is 19.0. The van der Waals surface area contributed by atoms with Crippen LogP contribution < -0.4 is 5.32 Å². The van der Waals surface area contributed by atoms with Crippen molar-refractivity contribution in [2.75, 3.05) is 0 Å². The highest BCUT2D eigenvalue weighted by atomic mass is 32.1. The molecule has 2 aromatic carbocycles. The number of carbonyl (C=O) groups is 1. The summed E-state index contributed by atoms with van der Waals surface area (Å²) in [6.45, 7) is 0.277. The van der Waals surface area contributed by atoms with Gasteiger partial charge < -0.3 is 14.2 Å². The summed E-state index contributed by atoms with van der Waals surface area (Å²) in [6, 6.07) is 20.4. The Bertz CT molecular complexity index is 1290. The summed E-state index contributed by atoms with van der Waals surface area (Å²) in [7, 11) is 0. The van der Waals surface area contributed by atoms with Gasteiger partial charge >= 0.3 is 0 Å². The van der Waals surface area contributed by atoms with Crippen molar-refractivity contribution in [3.63, 3.8) is 0 Å². The number of nitrogens with one attached hydrogen (secondary N) is 1. The third kappa shape index (κ3) is 4.15. The van der Waals surface area contributed by atoms with Gasteiger partial charge in [-0.05, 0) is 47.8 Å². The van der Waals surface area contributed by atoms with E-state index in [1.165, 1.54) is 0 Å². The van der Waals surface area contributed by atoms with Crippen molar-refractivity contribution in [1.29, 1.82) is 0 Å². The van der Waals surface area contributed by atoms with Gasteiger partial charge in [0.15, 0.2) is 0 Å². The first-order valence-corrected chi connectivity index (χ1v) is 10.4. The van der Waals surface area contributed by atoms with Crippen LogP contribution in [0.2, 0.25) is 0 Å². The molecule has 5 aromatic rings. The van der Waals surface area contributed by atoms with Gasteiger partial charge in [-0.25, -0.2) is 4.98 Å². The van der Waals surface area contributed by atoms with E-state index >= 15 is 0 Å². The van der Waals surface area contributed by atoms with E-state index < -0.39 is 0 Å². The van der Waals surface area contributed by atoms with E-state index in [1.54, 1.807) is 41.9 Å². The number of amides is 1. The van der Waals surface area contributed by atoms with Crippen LogP contribution in [0.4, 0.5) is 0 Å². The normalized spacial score (nSPS) is 10.8. The molecule has 0 bridgehead atoms. The minimum Gasteiger partial charge on any atom is -0.443 e. The number of oxazole rings is 1. The van der Waals surface area contributed by atoms with Crippen LogP contribution in [0.3, 0.4) is 0 Å². The summed E-state index contributed by atoms with van der Waals surface area (Å²) in [5.41, 5.74) is 2.77. The average molecular weight is 428 g/mol. The maximum atomic E-state index is 12.5. The van der Waals surface area contributed by atoms with Crippen LogP contribution in [-0.2, 0) is 6.54 Å². The lowest BCUT2D eigenvalue weighted by molar-refractivity contribution is 0.0950. The molecule has 31 heavy (non-hydrogen) atoms. The zero-order chi connectivity index (χ0) is 21.0. The van der Waals surface area contributed by atoms with E-state index in [1.807, 2.05) is 47.8 Å². The Morgan fingerprint density at radius 2 is 1.61 bits per heavy atom. The molecule has 3 heterocycles. The van der Waals surface area contributed by atoms with E-state index in [4.69, 9.17) is 8.83 Å². The number of carbonyl (C=O) groups excluding carboxylic acids is 1. The predicted octanol–water partition coefficient (Wildman–Crippen LogP) is 5.05. The zero-order valence-corrected chi connectivity index (χ0v) is 17.0. The summed E-state index contributed by atoms with van der Waals surface area (Å²) in [5, 5.41) is 13.0. The van der Waals surface area contributed by atoms with Gasteiger partial charge in [-0.15, -0.1) is 21.5 Å². The monoisotopic (exact) mass is 428 g/mol. The molecule has 0 saturated heterocycles. The van der Waals surface area contributed by atoms with E-state index in [0.717, 1.165) is 16.0 Å². The smallest absolute Gasteiger partial charge is 0.251 e. The van der Waals surface area contributed by atoms with Crippen LogP contribution >= 0.6 is 11.3 Å². The zero-order valence-electron chi connectivity index (χ0n) is 16.2. The molecule has 5 rings (SSSR count). The molecule has 0 saturated carbocycles. The second kappa shape index (κ2) is 8.37. The fourth-order valence-corrected chi connectivity index (χ4v) is 3.63. The number of thiophene rings is 1. The third-order valence-electron chi connectivity index (χ3n) is 4.55. The van der Waals surface area contributed by atoms with Crippen molar-refractivity contribution < 1.29 is 13.6 Å². The Balaban J connectivity index is 1.23. The molecule has 1 N–H and O–H groups in total. The molecule has 152 valence electrons. The number of nitrogens with zero attached hydrogens (tertiary/aromatic N) is 3.